The van der Waals surface area contributed by atoms with Gasteiger partial charge in [-0.3, -0.25) is 14.4 Å². The van der Waals surface area contributed by atoms with Gasteiger partial charge in [0.05, 0.1) is 6.42 Å². The molecular weight excluding hydrogens is 496 g/mol. The van der Waals surface area contributed by atoms with Crippen molar-refractivity contribution in [2.75, 3.05) is 23.8 Å². The maximum Gasteiger partial charge on any atom is 0.323 e. The molecule has 1 heterocycles. The highest BCUT2D eigenvalue weighted by atomic mass is 35.5. The maximum absolute atomic E-state index is 12.7. The number of aliphatic carboxylic acids is 2. The number of amides is 1. The van der Waals surface area contributed by atoms with E-state index in [1.807, 2.05) is 36.4 Å². The molecule has 0 fully saturated rings. The van der Waals surface area contributed by atoms with Crippen LogP contribution in [0.3, 0.4) is 0 Å². The molecule has 1 aromatic heterocycles. The van der Waals surface area contributed by atoms with Crippen molar-refractivity contribution in [2.45, 2.75) is 12.8 Å². The van der Waals surface area contributed by atoms with E-state index >= 15 is 0 Å². The number of nitrogens with zero attached hydrogens (tertiary/aromatic N) is 3. The van der Waals surface area contributed by atoms with E-state index in [4.69, 9.17) is 16.7 Å². The number of carboxylic acid groups (broad SMARTS) is 2. The van der Waals surface area contributed by atoms with Crippen molar-refractivity contribution in [2.24, 2.45) is 0 Å². The Morgan fingerprint density at radius 2 is 1.62 bits per heavy atom. The second-order valence-electron chi connectivity index (χ2n) is 8.44. The second-order valence-corrected chi connectivity index (χ2v) is 8.80. The third-order valence-corrected chi connectivity index (χ3v) is 5.94. The van der Waals surface area contributed by atoms with Gasteiger partial charge >= 0.3 is 11.9 Å². The molecular formula is C27H23ClN4O5. The van der Waals surface area contributed by atoms with Crippen LogP contribution in [0.25, 0.3) is 10.8 Å². The molecule has 0 bridgehead atoms. The Hall–Kier alpha value is -4.50. The molecule has 37 heavy (non-hydrogen) atoms. The van der Waals surface area contributed by atoms with Crippen LogP contribution < -0.4 is 10.2 Å². The fourth-order valence-electron chi connectivity index (χ4n) is 3.89. The predicted octanol–water partition coefficient (Wildman–Crippen LogP) is 4.27. The van der Waals surface area contributed by atoms with Crippen molar-refractivity contribution in [3.05, 3.63) is 94.4 Å². The van der Waals surface area contributed by atoms with Crippen LogP contribution in [0.5, 0.6) is 0 Å². The lowest BCUT2D eigenvalue weighted by Gasteiger charge is -2.20. The number of carbonyl (C=O) groups excluding carboxylic acids is 1. The minimum atomic E-state index is -1.13. The summed E-state index contributed by atoms with van der Waals surface area (Å²) in [5.41, 5.74) is 2.12. The summed E-state index contributed by atoms with van der Waals surface area (Å²) >= 11 is 6.27. The van der Waals surface area contributed by atoms with Gasteiger partial charge in [-0.25, -0.2) is 9.97 Å². The van der Waals surface area contributed by atoms with E-state index in [1.165, 1.54) is 11.9 Å². The quantitative estimate of drug-likeness (QED) is 0.280. The van der Waals surface area contributed by atoms with E-state index in [1.54, 1.807) is 30.3 Å². The SMILES string of the molecule is CN(CC(=O)O)c1nc(Cc2ccc(NC(=O)c3ccc4ccccc4c3)cc2)nc(Cl)c1CC(=O)O. The minimum Gasteiger partial charge on any atom is -0.481 e. The van der Waals surface area contributed by atoms with Gasteiger partial charge in [-0.1, -0.05) is 54.1 Å². The van der Waals surface area contributed by atoms with Gasteiger partial charge in [0.25, 0.3) is 5.91 Å². The number of anilines is 2. The van der Waals surface area contributed by atoms with Crippen LogP contribution in [0.4, 0.5) is 11.5 Å². The standard InChI is InChI=1S/C27H23ClN4O5/c1-32(15-24(35)36)26-21(14-23(33)34)25(28)30-22(31-26)12-16-6-10-20(11-7-16)29-27(37)19-9-8-17-4-2-3-5-18(17)13-19/h2-11,13H,12,14-15H2,1H3,(H,29,37)(H,33,34)(H,35,36). The smallest absolute Gasteiger partial charge is 0.323 e. The van der Waals surface area contributed by atoms with Gasteiger partial charge in [-0.2, -0.15) is 0 Å². The number of carboxylic acids is 2. The average molecular weight is 519 g/mol. The number of halogens is 1. The van der Waals surface area contributed by atoms with E-state index < -0.39 is 18.4 Å². The molecule has 4 aromatic rings. The molecule has 0 aliphatic carbocycles. The van der Waals surface area contributed by atoms with Crippen molar-refractivity contribution < 1.29 is 24.6 Å². The van der Waals surface area contributed by atoms with Crippen LogP contribution in [-0.2, 0) is 22.4 Å². The Bertz CT molecular complexity index is 1490. The van der Waals surface area contributed by atoms with Crippen LogP contribution in [0, 0.1) is 0 Å². The lowest BCUT2D eigenvalue weighted by atomic mass is 10.1. The zero-order valence-electron chi connectivity index (χ0n) is 19.8. The summed E-state index contributed by atoms with van der Waals surface area (Å²) in [5.74, 6) is -2.00. The first-order valence-electron chi connectivity index (χ1n) is 11.3. The lowest BCUT2D eigenvalue weighted by molar-refractivity contribution is -0.136. The van der Waals surface area contributed by atoms with E-state index in [9.17, 15) is 19.5 Å². The average Bonchev–Trinajstić information content (AvgIpc) is 2.85. The second kappa shape index (κ2) is 11.0. The number of benzene rings is 3. The topological polar surface area (TPSA) is 133 Å². The fraction of sp³-hybridized carbons (Fsp3) is 0.148. The summed E-state index contributed by atoms with van der Waals surface area (Å²) in [7, 11) is 1.49. The lowest BCUT2D eigenvalue weighted by Crippen LogP contribution is -2.28. The first-order chi connectivity index (χ1) is 17.7. The number of carbonyl (C=O) groups is 3. The van der Waals surface area contributed by atoms with Gasteiger partial charge in [0.1, 0.15) is 23.3 Å². The van der Waals surface area contributed by atoms with Gasteiger partial charge in [-0.15, -0.1) is 0 Å². The van der Waals surface area contributed by atoms with E-state index in [2.05, 4.69) is 15.3 Å². The fourth-order valence-corrected chi connectivity index (χ4v) is 4.13. The molecule has 0 saturated carbocycles. The van der Waals surface area contributed by atoms with Crippen LogP contribution in [0.1, 0.15) is 27.3 Å². The van der Waals surface area contributed by atoms with Crippen molar-refractivity contribution in [1.29, 1.82) is 0 Å². The molecule has 4 rings (SSSR count). The van der Waals surface area contributed by atoms with Crippen LogP contribution in [0.15, 0.2) is 66.7 Å². The first-order valence-corrected chi connectivity index (χ1v) is 11.7. The van der Waals surface area contributed by atoms with Crippen LogP contribution in [0.2, 0.25) is 5.15 Å². The molecule has 0 aliphatic rings. The largest absolute Gasteiger partial charge is 0.481 e. The van der Waals surface area contributed by atoms with Crippen molar-refractivity contribution in [3.63, 3.8) is 0 Å². The number of rotatable bonds is 9. The Balaban J connectivity index is 1.50. The number of hydrogen-bond donors (Lipinski definition) is 3. The number of hydrogen-bond acceptors (Lipinski definition) is 6. The first kappa shape index (κ1) is 25.6. The molecule has 1 amide bonds. The van der Waals surface area contributed by atoms with E-state index in [0.29, 0.717) is 17.1 Å². The highest BCUT2D eigenvalue weighted by Gasteiger charge is 2.20. The Morgan fingerprint density at radius 3 is 2.30 bits per heavy atom. The molecule has 9 nitrogen and oxygen atoms in total. The number of fused-ring (bicyclic) bond motifs is 1. The van der Waals surface area contributed by atoms with Gasteiger partial charge in [-0.05, 0) is 40.6 Å². The molecule has 3 aromatic carbocycles. The van der Waals surface area contributed by atoms with E-state index in [-0.39, 0.29) is 35.4 Å². The Morgan fingerprint density at radius 1 is 0.919 bits per heavy atom. The third kappa shape index (κ3) is 6.39. The number of nitrogens with one attached hydrogen (secondary N) is 1. The van der Waals surface area contributed by atoms with Gasteiger partial charge in [0.2, 0.25) is 0 Å². The molecule has 0 radical (unpaired) electrons. The highest BCUT2D eigenvalue weighted by molar-refractivity contribution is 6.30. The zero-order chi connectivity index (χ0) is 26.5. The van der Waals surface area contributed by atoms with Gasteiger partial charge in [0.15, 0.2) is 0 Å². The van der Waals surface area contributed by atoms with Crippen molar-refractivity contribution in [3.8, 4) is 0 Å². The molecule has 0 aliphatic heterocycles. The number of aromatic nitrogens is 2. The van der Waals surface area contributed by atoms with Crippen molar-refractivity contribution >= 4 is 51.7 Å². The van der Waals surface area contributed by atoms with Gasteiger partial charge < -0.3 is 20.4 Å². The molecule has 188 valence electrons. The van der Waals surface area contributed by atoms with Gasteiger partial charge in [0, 0.05) is 30.3 Å². The predicted molar refractivity (Wildman–Crippen MR) is 140 cm³/mol. The Kier molecular flexibility index (Phi) is 7.64. The summed E-state index contributed by atoms with van der Waals surface area (Å²) in [4.78, 5) is 45.1. The number of likely N-dealkylation sites (N-methyl/N-ethyl adjacent to an activating group) is 1. The molecule has 0 atom stereocenters. The third-order valence-electron chi connectivity index (χ3n) is 5.63. The Labute approximate surface area is 217 Å². The van der Waals surface area contributed by atoms with Crippen LogP contribution >= 0.6 is 11.6 Å². The molecule has 3 N–H and O–H groups in total. The molecule has 0 unspecified atom stereocenters. The van der Waals surface area contributed by atoms with Crippen molar-refractivity contribution in [1.82, 2.24) is 9.97 Å². The minimum absolute atomic E-state index is 0.0427. The monoisotopic (exact) mass is 518 g/mol. The molecule has 0 spiro atoms. The normalized spacial score (nSPS) is 10.8. The summed E-state index contributed by atoms with van der Waals surface area (Å²) in [5, 5.41) is 23.2. The summed E-state index contributed by atoms with van der Waals surface area (Å²) in [6, 6.07) is 20.5. The highest BCUT2D eigenvalue weighted by Crippen LogP contribution is 2.26. The maximum atomic E-state index is 12.7. The molecule has 10 heteroatoms. The van der Waals surface area contributed by atoms with E-state index in [0.717, 1.165) is 16.3 Å². The zero-order valence-corrected chi connectivity index (χ0v) is 20.6. The molecule has 0 saturated heterocycles. The summed E-state index contributed by atoms with van der Waals surface area (Å²) in [6.07, 6.45) is -0.177. The van der Waals surface area contributed by atoms with Crippen LogP contribution in [-0.4, -0.2) is 51.6 Å². The summed E-state index contributed by atoms with van der Waals surface area (Å²) in [6.45, 7) is -0.384. The summed E-state index contributed by atoms with van der Waals surface area (Å²) < 4.78 is 0.